The monoisotopic (exact) mass is 204 g/mol. The Morgan fingerprint density at radius 2 is 2.20 bits per heavy atom. The number of carbonyl (C=O) groups is 1. The first-order chi connectivity index (χ1) is 7.22. The molecule has 1 aliphatic rings. The maximum atomic E-state index is 13.4. The van der Waals surface area contributed by atoms with Gasteiger partial charge in [0, 0.05) is 0 Å². The molecular weight excluding hydrogens is 194 g/mol. The molecule has 0 unspecified atom stereocenters. The molecule has 0 heterocycles. The van der Waals surface area contributed by atoms with Crippen molar-refractivity contribution in [1.82, 2.24) is 0 Å². The normalized spacial score (nSPS) is 14.3. The van der Waals surface area contributed by atoms with Gasteiger partial charge in [-0.05, 0) is 0 Å². The van der Waals surface area contributed by atoms with E-state index in [4.69, 9.17) is 4.65 Å². The number of carbonyl (C=O) groups excluding carboxylic acids is 1. The van der Waals surface area contributed by atoms with Gasteiger partial charge in [0.1, 0.15) is 0 Å². The van der Waals surface area contributed by atoms with Crippen LogP contribution in [0.25, 0.3) is 0 Å². The number of Topliss-reactive ketones (excluding diaryl/α,β-unsaturated/α-hetero) is 1. The van der Waals surface area contributed by atoms with Crippen LogP contribution < -0.4 is 4.65 Å². The first-order valence-electron chi connectivity index (χ1n) is 4.85. The van der Waals surface area contributed by atoms with E-state index in [1.807, 2.05) is 0 Å². The molecule has 0 amide bonds. The number of ketones is 1. The number of fused-ring (bicyclic) bond motifs is 1. The van der Waals surface area contributed by atoms with Crippen molar-refractivity contribution in [2.75, 3.05) is 0 Å². The molecule has 0 radical (unpaired) electrons. The third kappa shape index (κ3) is 1.84. The Kier molecular flexibility index (Phi) is 2.67. The zero-order chi connectivity index (χ0) is 10.8. The van der Waals surface area contributed by atoms with Gasteiger partial charge in [-0.15, -0.1) is 0 Å². The first-order valence-corrected chi connectivity index (χ1v) is 4.85. The molecule has 0 saturated carbocycles. The molecule has 1 aromatic carbocycles. The third-order valence-corrected chi connectivity index (χ3v) is 2.52. The van der Waals surface area contributed by atoms with Gasteiger partial charge in [-0.25, -0.2) is 0 Å². The fourth-order valence-electron chi connectivity index (χ4n) is 1.82. The topological polar surface area (TPSA) is 26.3 Å². The first kappa shape index (κ1) is 10.1. The van der Waals surface area contributed by atoms with Crippen molar-refractivity contribution < 1.29 is 13.8 Å². The molecule has 0 spiro atoms. The van der Waals surface area contributed by atoms with Crippen molar-refractivity contribution >= 4 is 19.4 Å². The summed E-state index contributed by atoms with van der Waals surface area (Å²) in [5.41, 5.74) is 1.36. The van der Waals surface area contributed by atoms with E-state index < -0.39 is 5.82 Å². The Balaban J connectivity index is 2.48. The number of benzene rings is 1. The van der Waals surface area contributed by atoms with Crippen molar-refractivity contribution in [1.29, 1.82) is 0 Å². The van der Waals surface area contributed by atoms with Crippen LogP contribution in [0.2, 0.25) is 0 Å². The van der Waals surface area contributed by atoms with E-state index in [2.05, 4.69) is 6.47 Å². The zero-order valence-corrected chi connectivity index (χ0v) is 8.25. The van der Waals surface area contributed by atoms with Gasteiger partial charge >= 0.3 is 87.3 Å². The minimum atomic E-state index is -0.510. The number of halogens is 1. The average Bonchev–Trinajstić information content (AvgIpc) is 2.21. The van der Waals surface area contributed by atoms with Crippen LogP contribution in [0.5, 0.6) is 5.75 Å². The molecule has 0 N–H and O–H groups in total. The molecule has 0 aliphatic heterocycles. The second-order valence-electron chi connectivity index (χ2n) is 3.50. The van der Waals surface area contributed by atoms with Crippen LogP contribution in [-0.4, -0.2) is 19.4 Å². The molecule has 0 fully saturated rings. The molecule has 0 aromatic heterocycles. The molecule has 76 valence electrons. The predicted molar refractivity (Wildman–Crippen MR) is 57.2 cm³/mol. The SMILES string of the molecule is C=BOc1cc2c(cc1F)C(=O)CCC2. The van der Waals surface area contributed by atoms with Crippen molar-refractivity contribution in [2.24, 2.45) is 0 Å². The van der Waals surface area contributed by atoms with Crippen molar-refractivity contribution in [3.05, 3.63) is 29.1 Å². The molecule has 15 heavy (non-hydrogen) atoms. The van der Waals surface area contributed by atoms with Gasteiger partial charge in [0.25, 0.3) is 0 Å². The molecule has 1 aromatic rings. The van der Waals surface area contributed by atoms with E-state index in [9.17, 15) is 9.18 Å². The Labute approximate surface area is 88.0 Å². The Morgan fingerprint density at radius 3 is 2.93 bits per heavy atom. The van der Waals surface area contributed by atoms with Gasteiger partial charge < -0.3 is 0 Å². The van der Waals surface area contributed by atoms with E-state index in [1.165, 1.54) is 13.2 Å². The molecule has 0 atom stereocenters. The number of hydrogen-bond donors (Lipinski definition) is 0. The van der Waals surface area contributed by atoms with Crippen LogP contribution in [0.4, 0.5) is 4.39 Å². The fraction of sp³-hybridized carbons (Fsp3) is 0.273. The number of aryl methyl sites for hydroxylation is 1. The summed E-state index contributed by atoms with van der Waals surface area (Å²) < 4.78 is 18.3. The average molecular weight is 204 g/mol. The summed E-state index contributed by atoms with van der Waals surface area (Å²) in [6, 6.07) is 2.85. The van der Waals surface area contributed by atoms with Gasteiger partial charge in [0.15, 0.2) is 0 Å². The Hall–Kier alpha value is -1.45. The van der Waals surface area contributed by atoms with E-state index in [1.54, 1.807) is 6.07 Å². The van der Waals surface area contributed by atoms with E-state index in [-0.39, 0.29) is 11.5 Å². The molecule has 2 nitrogen and oxygen atoms in total. The van der Waals surface area contributed by atoms with Crippen molar-refractivity contribution in [2.45, 2.75) is 19.3 Å². The molecule has 0 saturated heterocycles. The van der Waals surface area contributed by atoms with Gasteiger partial charge in [0.05, 0.1) is 0 Å². The van der Waals surface area contributed by atoms with Crippen LogP contribution in [0.3, 0.4) is 0 Å². The summed E-state index contributed by atoms with van der Waals surface area (Å²) in [7, 11) is 1.18. The van der Waals surface area contributed by atoms with E-state index in [0.717, 1.165) is 18.4 Å². The predicted octanol–water partition coefficient (Wildman–Crippen LogP) is 1.77. The van der Waals surface area contributed by atoms with Crippen LogP contribution in [0.1, 0.15) is 28.8 Å². The molecule has 2 rings (SSSR count). The molecular formula is C11H10BFO2. The summed E-state index contributed by atoms with van der Waals surface area (Å²) >= 11 is 0. The van der Waals surface area contributed by atoms with Crippen LogP contribution >= 0.6 is 0 Å². The van der Waals surface area contributed by atoms with Gasteiger partial charge in [-0.2, -0.15) is 0 Å². The summed E-state index contributed by atoms with van der Waals surface area (Å²) in [5.74, 6) is -0.359. The van der Waals surface area contributed by atoms with Gasteiger partial charge in [0.2, 0.25) is 0 Å². The summed E-state index contributed by atoms with van der Waals surface area (Å²) in [4.78, 5) is 11.5. The fourth-order valence-corrected chi connectivity index (χ4v) is 1.82. The second-order valence-corrected chi connectivity index (χ2v) is 3.50. The molecule has 0 bridgehead atoms. The van der Waals surface area contributed by atoms with Gasteiger partial charge in [-0.3, -0.25) is 0 Å². The number of hydrogen-bond acceptors (Lipinski definition) is 2. The second kappa shape index (κ2) is 3.97. The number of rotatable bonds is 2. The third-order valence-electron chi connectivity index (χ3n) is 2.52. The maximum absolute atomic E-state index is 13.4. The Morgan fingerprint density at radius 1 is 1.40 bits per heavy atom. The van der Waals surface area contributed by atoms with Crippen molar-refractivity contribution in [3.63, 3.8) is 0 Å². The zero-order valence-electron chi connectivity index (χ0n) is 8.25. The quantitative estimate of drug-likeness (QED) is 0.686. The van der Waals surface area contributed by atoms with E-state index >= 15 is 0 Å². The van der Waals surface area contributed by atoms with Gasteiger partial charge in [-0.1, -0.05) is 0 Å². The summed E-state index contributed by atoms with van der Waals surface area (Å²) in [6.07, 6.45) is 2.13. The van der Waals surface area contributed by atoms with E-state index in [0.29, 0.717) is 12.0 Å². The van der Waals surface area contributed by atoms with Crippen LogP contribution in [0.15, 0.2) is 12.1 Å². The molecule has 4 heteroatoms. The minimum absolute atomic E-state index is 0.0142. The summed E-state index contributed by atoms with van der Waals surface area (Å²) in [5, 5.41) is 0. The Bertz CT molecular complexity index is 429. The summed E-state index contributed by atoms with van der Waals surface area (Å²) in [6.45, 7) is 3.37. The van der Waals surface area contributed by atoms with Crippen LogP contribution in [0, 0.1) is 5.82 Å². The molecule has 1 aliphatic carbocycles. The standard InChI is InChI=1S/C11H10BFO2/c1-12-15-11-5-7-3-2-4-10(14)8(7)6-9(11)13/h5-6H,1-4H2. The van der Waals surface area contributed by atoms with Crippen LogP contribution in [-0.2, 0) is 6.42 Å². The van der Waals surface area contributed by atoms with Crippen molar-refractivity contribution in [3.8, 4) is 5.75 Å².